The van der Waals surface area contributed by atoms with Crippen LogP contribution in [0.3, 0.4) is 0 Å². The van der Waals surface area contributed by atoms with Gasteiger partial charge in [0.05, 0.1) is 16.9 Å². The molecule has 0 spiro atoms. The van der Waals surface area contributed by atoms with Crippen LogP contribution in [0.5, 0.6) is 0 Å². The van der Waals surface area contributed by atoms with E-state index in [0.29, 0.717) is 21.3 Å². The molecule has 0 aliphatic heterocycles. The van der Waals surface area contributed by atoms with E-state index >= 15 is 0 Å². The van der Waals surface area contributed by atoms with Gasteiger partial charge < -0.3 is 0 Å². The molecule has 3 rings (SSSR count). The fourth-order valence-corrected chi connectivity index (χ4v) is 2.54. The fraction of sp³-hybridized carbons (Fsp3) is 0. The predicted molar refractivity (Wildman–Crippen MR) is 95.5 cm³/mol. The Morgan fingerprint density at radius 2 is 1.92 bits per heavy atom. The largest absolute Gasteiger partial charge is 0.289 e. The van der Waals surface area contributed by atoms with E-state index in [1.165, 1.54) is 0 Å². The highest BCUT2D eigenvalue weighted by molar-refractivity contribution is 6.36. The number of halogens is 2. The molecular formula is C17H12Cl2N4O. The van der Waals surface area contributed by atoms with Crippen LogP contribution in [-0.4, -0.2) is 22.3 Å². The molecule has 3 aromatic rings. The first-order chi connectivity index (χ1) is 11.6. The summed E-state index contributed by atoms with van der Waals surface area (Å²) < 4.78 is 0. The molecule has 0 saturated carbocycles. The van der Waals surface area contributed by atoms with Crippen molar-refractivity contribution in [1.29, 1.82) is 0 Å². The number of amides is 1. The Hall–Kier alpha value is -2.63. The number of rotatable bonds is 4. The first-order valence-electron chi connectivity index (χ1n) is 7.03. The zero-order valence-corrected chi connectivity index (χ0v) is 13.8. The highest BCUT2D eigenvalue weighted by Gasteiger charge is 2.12. The van der Waals surface area contributed by atoms with E-state index < -0.39 is 5.91 Å². The minimum absolute atomic E-state index is 0.279. The van der Waals surface area contributed by atoms with Gasteiger partial charge >= 0.3 is 0 Å². The lowest BCUT2D eigenvalue weighted by molar-refractivity contribution is 0.0950. The SMILES string of the molecule is O=C(N/N=C\c1ccccc1)c1cc(-c2ccc(Cl)cc2Cl)n[nH]1. The van der Waals surface area contributed by atoms with E-state index in [1.54, 1.807) is 30.5 Å². The number of nitrogens with one attached hydrogen (secondary N) is 2. The smallest absolute Gasteiger partial charge is 0.272 e. The molecule has 2 N–H and O–H groups in total. The van der Waals surface area contributed by atoms with Gasteiger partial charge in [-0.2, -0.15) is 10.2 Å². The second kappa shape index (κ2) is 7.29. The summed E-state index contributed by atoms with van der Waals surface area (Å²) in [5.74, 6) is -0.397. The van der Waals surface area contributed by atoms with Gasteiger partial charge in [0, 0.05) is 10.6 Å². The highest BCUT2D eigenvalue weighted by Crippen LogP contribution is 2.29. The molecule has 1 amide bonds. The topological polar surface area (TPSA) is 70.1 Å². The predicted octanol–water partition coefficient (Wildman–Crippen LogP) is 4.15. The molecule has 0 unspecified atom stereocenters. The highest BCUT2D eigenvalue weighted by atomic mass is 35.5. The minimum Gasteiger partial charge on any atom is -0.272 e. The molecule has 2 aromatic carbocycles. The maximum atomic E-state index is 12.1. The van der Waals surface area contributed by atoms with Crippen LogP contribution >= 0.6 is 23.2 Å². The summed E-state index contributed by atoms with van der Waals surface area (Å²) in [6.45, 7) is 0. The average Bonchev–Trinajstić information content (AvgIpc) is 3.05. The molecule has 5 nitrogen and oxygen atoms in total. The van der Waals surface area contributed by atoms with Gasteiger partial charge in [-0.25, -0.2) is 5.43 Å². The van der Waals surface area contributed by atoms with Crippen LogP contribution in [0.1, 0.15) is 16.1 Å². The van der Waals surface area contributed by atoms with Gasteiger partial charge in [0.25, 0.3) is 5.91 Å². The molecular weight excluding hydrogens is 347 g/mol. The van der Waals surface area contributed by atoms with Gasteiger partial charge in [0.15, 0.2) is 0 Å². The molecule has 0 saturated heterocycles. The number of hydrazone groups is 1. The van der Waals surface area contributed by atoms with Gasteiger partial charge in [-0.05, 0) is 29.8 Å². The standard InChI is InChI=1S/C17H12Cl2N4O/c18-12-6-7-13(14(19)8-12)15-9-16(22-21-15)17(24)23-20-10-11-4-2-1-3-5-11/h1-10H,(H,21,22)(H,23,24)/b20-10-. The quantitative estimate of drug-likeness (QED) is 0.543. The van der Waals surface area contributed by atoms with E-state index in [-0.39, 0.29) is 5.69 Å². The summed E-state index contributed by atoms with van der Waals surface area (Å²) in [5, 5.41) is 11.7. The van der Waals surface area contributed by atoms with Crippen molar-refractivity contribution in [2.24, 2.45) is 5.10 Å². The van der Waals surface area contributed by atoms with Crippen molar-refractivity contribution >= 4 is 35.3 Å². The normalized spacial score (nSPS) is 10.9. The van der Waals surface area contributed by atoms with Crippen LogP contribution in [0.4, 0.5) is 0 Å². The lowest BCUT2D eigenvalue weighted by atomic mass is 10.1. The van der Waals surface area contributed by atoms with Crippen molar-refractivity contribution in [3.8, 4) is 11.3 Å². The van der Waals surface area contributed by atoms with Gasteiger partial charge in [-0.15, -0.1) is 0 Å². The van der Waals surface area contributed by atoms with Crippen LogP contribution < -0.4 is 5.43 Å². The summed E-state index contributed by atoms with van der Waals surface area (Å²) in [6.07, 6.45) is 1.56. The first kappa shape index (κ1) is 16.2. The Labute approximate surface area is 148 Å². The van der Waals surface area contributed by atoms with E-state index in [9.17, 15) is 4.79 Å². The molecule has 0 aliphatic carbocycles. The molecule has 0 radical (unpaired) electrons. The Morgan fingerprint density at radius 1 is 1.12 bits per heavy atom. The zero-order chi connectivity index (χ0) is 16.9. The maximum Gasteiger partial charge on any atom is 0.289 e. The minimum atomic E-state index is -0.397. The van der Waals surface area contributed by atoms with Gasteiger partial charge in [0.2, 0.25) is 0 Å². The Balaban J connectivity index is 1.71. The Morgan fingerprint density at radius 3 is 2.67 bits per heavy atom. The van der Waals surface area contributed by atoms with Crippen molar-refractivity contribution in [1.82, 2.24) is 15.6 Å². The number of carbonyl (C=O) groups excluding carboxylic acids is 1. The van der Waals surface area contributed by atoms with Crippen molar-refractivity contribution in [2.45, 2.75) is 0 Å². The van der Waals surface area contributed by atoms with Crippen molar-refractivity contribution in [3.63, 3.8) is 0 Å². The summed E-state index contributed by atoms with van der Waals surface area (Å²) in [7, 11) is 0. The molecule has 0 fully saturated rings. The van der Waals surface area contributed by atoms with Crippen LogP contribution in [0, 0.1) is 0 Å². The van der Waals surface area contributed by atoms with Crippen LogP contribution in [0.15, 0.2) is 59.7 Å². The summed E-state index contributed by atoms with van der Waals surface area (Å²) >= 11 is 12.0. The summed E-state index contributed by atoms with van der Waals surface area (Å²) in [6, 6.07) is 16.1. The first-order valence-corrected chi connectivity index (χ1v) is 7.78. The zero-order valence-electron chi connectivity index (χ0n) is 12.3. The maximum absolute atomic E-state index is 12.1. The number of aromatic amines is 1. The Bertz CT molecular complexity index is 891. The third-order valence-electron chi connectivity index (χ3n) is 3.21. The molecule has 24 heavy (non-hydrogen) atoms. The van der Waals surface area contributed by atoms with E-state index in [0.717, 1.165) is 5.56 Å². The monoisotopic (exact) mass is 358 g/mol. The summed E-state index contributed by atoms with van der Waals surface area (Å²) in [5.41, 5.74) is 4.84. The van der Waals surface area contributed by atoms with Crippen LogP contribution in [-0.2, 0) is 0 Å². The average molecular weight is 359 g/mol. The molecule has 0 atom stereocenters. The Kier molecular flexibility index (Phi) is 4.93. The third kappa shape index (κ3) is 3.82. The third-order valence-corrected chi connectivity index (χ3v) is 3.76. The number of nitrogens with zero attached hydrogens (tertiary/aromatic N) is 2. The molecule has 120 valence electrons. The number of H-pyrrole nitrogens is 1. The van der Waals surface area contributed by atoms with E-state index in [4.69, 9.17) is 23.2 Å². The second-order valence-corrected chi connectivity index (χ2v) is 5.74. The van der Waals surface area contributed by atoms with Crippen LogP contribution in [0.25, 0.3) is 11.3 Å². The van der Waals surface area contributed by atoms with Crippen molar-refractivity contribution < 1.29 is 4.79 Å². The number of hydrogen-bond donors (Lipinski definition) is 2. The van der Waals surface area contributed by atoms with Crippen molar-refractivity contribution in [3.05, 3.63) is 75.9 Å². The molecule has 7 heteroatoms. The number of hydrogen-bond acceptors (Lipinski definition) is 3. The lowest BCUT2D eigenvalue weighted by Crippen LogP contribution is -2.17. The molecule has 1 aromatic heterocycles. The van der Waals surface area contributed by atoms with Gasteiger partial charge in [-0.3, -0.25) is 9.89 Å². The van der Waals surface area contributed by atoms with Gasteiger partial charge in [-0.1, -0.05) is 53.5 Å². The van der Waals surface area contributed by atoms with E-state index in [2.05, 4.69) is 20.7 Å². The summed E-state index contributed by atoms with van der Waals surface area (Å²) in [4.78, 5) is 12.1. The number of aromatic nitrogens is 2. The molecule has 0 bridgehead atoms. The lowest BCUT2D eigenvalue weighted by Gasteiger charge is -2.00. The van der Waals surface area contributed by atoms with Crippen molar-refractivity contribution in [2.75, 3.05) is 0 Å². The number of benzene rings is 2. The number of carbonyl (C=O) groups is 1. The fourth-order valence-electron chi connectivity index (χ4n) is 2.04. The van der Waals surface area contributed by atoms with E-state index in [1.807, 2.05) is 30.3 Å². The molecule has 0 aliphatic rings. The van der Waals surface area contributed by atoms with Gasteiger partial charge in [0.1, 0.15) is 5.69 Å². The van der Waals surface area contributed by atoms with Crippen LogP contribution in [0.2, 0.25) is 10.0 Å². The molecule has 1 heterocycles. The second-order valence-electron chi connectivity index (χ2n) is 4.90.